The van der Waals surface area contributed by atoms with Gasteiger partial charge in [0.25, 0.3) is 0 Å². The SMILES string of the molecule is O=C(O)CC1C(=O)NCCN1Cc1cnn(-c2ccc3ccccc3c2)c1. The molecule has 0 spiro atoms. The van der Waals surface area contributed by atoms with Gasteiger partial charge in [0.1, 0.15) is 6.04 Å². The van der Waals surface area contributed by atoms with Gasteiger partial charge in [-0.05, 0) is 22.9 Å². The molecule has 3 aromatic rings. The number of aromatic nitrogens is 2. The highest BCUT2D eigenvalue weighted by molar-refractivity contribution is 5.86. The molecule has 1 unspecified atom stereocenters. The van der Waals surface area contributed by atoms with Crippen LogP contribution >= 0.6 is 0 Å². The number of piperazine rings is 1. The van der Waals surface area contributed by atoms with Crippen LogP contribution in [0, 0.1) is 0 Å². The summed E-state index contributed by atoms with van der Waals surface area (Å²) in [5, 5.41) is 18.6. The van der Waals surface area contributed by atoms with Gasteiger partial charge >= 0.3 is 5.97 Å². The molecule has 1 aliphatic heterocycles. The van der Waals surface area contributed by atoms with Gasteiger partial charge in [-0.1, -0.05) is 30.3 Å². The Bertz CT molecular complexity index is 998. The second-order valence-corrected chi connectivity index (χ2v) is 6.70. The molecule has 1 amide bonds. The van der Waals surface area contributed by atoms with Crippen molar-refractivity contribution in [3.63, 3.8) is 0 Å². The van der Waals surface area contributed by atoms with Crippen LogP contribution in [0.3, 0.4) is 0 Å². The Hall–Kier alpha value is -3.19. The normalized spacial score (nSPS) is 17.8. The fourth-order valence-corrected chi connectivity index (χ4v) is 3.48. The smallest absolute Gasteiger partial charge is 0.305 e. The van der Waals surface area contributed by atoms with Crippen LogP contribution in [0.5, 0.6) is 0 Å². The van der Waals surface area contributed by atoms with Crippen LogP contribution in [0.4, 0.5) is 0 Å². The van der Waals surface area contributed by atoms with Gasteiger partial charge in [-0.3, -0.25) is 14.5 Å². The van der Waals surface area contributed by atoms with Gasteiger partial charge < -0.3 is 10.4 Å². The maximum Gasteiger partial charge on any atom is 0.305 e. The Morgan fingerprint density at radius 2 is 2.04 bits per heavy atom. The van der Waals surface area contributed by atoms with Gasteiger partial charge in [-0.2, -0.15) is 5.10 Å². The third kappa shape index (κ3) is 3.68. The van der Waals surface area contributed by atoms with Crippen molar-refractivity contribution < 1.29 is 14.7 Å². The van der Waals surface area contributed by atoms with Crippen LogP contribution in [0.1, 0.15) is 12.0 Å². The number of benzene rings is 2. The maximum absolute atomic E-state index is 12.0. The molecule has 4 rings (SSSR count). The van der Waals surface area contributed by atoms with E-state index in [1.165, 1.54) is 5.39 Å². The second kappa shape index (κ2) is 7.20. The molecule has 27 heavy (non-hydrogen) atoms. The van der Waals surface area contributed by atoms with Gasteiger partial charge in [0.05, 0.1) is 18.3 Å². The monoisotopic (exact) mass is 364 g/mol. The van der Waals surface area contributed by atoms with E-state index in [1.807, 2.05) is 29.3 Å². The molecule has 2 N–H and O–H groups in total. The molecule has 7 nitrogen and oxygen atoms in total. The number of nitrogens with zero attached hydrogens (tertiary/aromatic N) is 3. The number of hydrogen-bond donors (Lipinski definition) is 2. The summed E-state index contributed by atoms with van der Waals surface area (Å²) in [7, 11) is 0. The summed E-state index contributed by atoms with van der Waals surface area (Å²) >= 11 is 0. The van der Waals surface area contributed by atoms with E-state index in [0.29, 0.717) is 19.6 Å². The fourth-order valence-electron chi connectivity index (χ4n) is 3.48. The predicted molar refractivity (Wildman–Crippen MR) is 101 cm³/mol. The molecule has 1 fully saturated rings. The molecule has 0 aliphatic carbocycles. The molecular formula is C20H20N4O3. The van der Waals surface area contributed by atoms with Crippen molar-refractivity contribution in [2.45, 2.75) is 19.0 Å². The summed E-state index contributed by atoms with van der Waals surface area (Å²) in [4.78, 5) is 25.0. The van der Waals surface area contributed by atoms with Crippen LogP contribution in [0.2, 0.25) is 0 Å². The van der Waals surface area contributed by atoms with Crippen molar-refractivity contribution in [2.24, 2.45) is 0 Å². The second-order valence-electron chi connectivity index (χ2n) is 6.70. The average Bonchev–Trinajstić information content (AvgIpc) is 3.12. The van der Waals surface area contributed by atoms with Gasteiger partial charge in [0, 0.05) is 31.4 Å². The molecule has 2 heterocycles. The van der Waals surface area contributed by atoms with Crippen LogP contribution in [-0.4, -0.2) is 50.8 Å². The highest BCUT2D eigenvalue weighted by atomic mass is 16.4. The highest BCUT2D eigenvalue weighted by Crippen LogP contribution is 2.19. The molecule has 138 valence electrons. The van der Waals surface area contributed by atoms with Crippen LogP contribution in [-0.2, 0) is 16.1 Å². The number of rotatable bonds is 5. The van der Waals surface area contributed by atoms with Crippen LogP contribution in [0.15, 0.2) is 54.9 Å². The molecular weight excluding hydrogens is 344 g/mol. The lowest BCUT2D eigenvalue weighted by Gasteiger charge is -2.33. The number of carboxylic acids is 1. The van der Waals surface area contributed by atoms with E-state index in [4.69, 9.17) is 5.11 Å². The molecule has 1 saturated heterocycles. The molecule has 0 saturated carbocycles. The molecule has 7 heteroatoms. The topological polar surface area (TPSA) is 87.5 Å². The molecule has 1 aromatic heterocycles. The summed E-state index contributed by atoms with van der Waals surface area (Å²) in [6.07, 6.45) is 3.48. The van der Waals surface area contributed by atoms with Crippen LogP contribution in [0.25, 0.3) is 16.5 Å². The summed E-state index contributed by atoms with van der Waals surface area (Å²) < 4.78 is 1.80. The fraction of sp³-hybridized carbons (Fsp3) is 0.250. The summed E-state index contributed by atoms with van der Waals surface area (Å²) in [6.45, 7) is 1.62. The van der Waals surface area contributed by atoms with E-state index >= 15 is 0 Å². The number of carboxylic acid groups (broad SMARTS) is 1. The van der Waals surface area contributed by atoms with E-state index in [1.54, 1.807) is 10.9 Å². The Morgan fingerprint density at radius 1 is 1.22 bits per heavy atom. The van der Waals surface area contributed by atoms with E-state index in [0.717, 1.165) is 16.6 Å². The van der Waals surface area contributed by atoms with Gasteiger partial charge in [-0.25, -0.2) is 4.68 Å². The third-order valence-corrected chi connectivity index (χ3v) is 4.83. The Balaban J connectivity index is 1.54. The zero-order valence-electron chi connectivity index (χ0n) is 14.7. The molecule has 0 radical (unpaired) electrons. The number of fused-ring (bicyclic) bond motifs is 1. The van der Waals surface area contributed by atoms with Gasteiger partial charge in [-0.15, -0.1) is 0 Å². The first-order valence-corrected chi connectivity index (χ1v) is 8.86. The van der Waals surface area contributed by atoms with Crippen molar-refractivity contribution in [2.75, 3.05) is 13.1 Å². The number of nitrogens with one attached hydrogen (secondary N) is 1. The lowest BCUT2D eigenvalue weighted by Crippen LogP contribution is -2.55. The number of aliphatic carboxylic acids is 1. The van der Waals surface area contributed by atoms with E-state index < -0.39 is 12.0 Å². The number of hydrogen-bond acceptors (Lipinski definition) is 4. The first kappa shape index (κ1) is 17.2. The minimum atomic E-state index is -0.978. The zero-order valence-corrected chi connectivity index (χ0v) is 14.7. The van der Waals surface area contributed by atoms with Gasteiger partial charge in [0.2, 0.25) is 5.91 Å². The summed E-state index contributed by atoms with van der Waals surface area (Å²) in [5.41, 5.74) is 1.90. The molecule has 1 atom stereocenters. The van der Waals surface area contributed by atoms with E-state index in [9.17, 15) is 9.59 Å². The number of amides is 1. The Morgan fingerprint density at radius 3 is 2.85 bits per heavy atom. The zero-order chi connectivity index (χ0) is 18.8. The van der Waals surface area contributed by atoms with Crippen molar-refractivity contribution in [1.29, 1.82) is 0 Å². The van der Waals surface area contributed by atoms with E-state index in [2.05, 4.69) is 34.7 Å². The Kier molecular flexibility index (Phi) is 4.60. The lowest BCUT2D eigenvalue weighted by atomic mass is 10.1. The highest BCUT2D eigenvalue weighted by Gasteiger charge is 2.31. The van der Waals surface area contributed by atoms with Gasteiger partial charge in [0.15, 0.2) is 0 Å². The summed E-state index contributed by atoms with van der Waals surface area (Å²) in [6, 6.07) is 13.6. The minimum absolute atomic E-state index is 0.204. The average molecular weight is 364 g/mol. The van der Waals surface area contributed by atoms with Crippen molar-refractivity contribution >= 4 is 22.6 Å². The van der Waals surface area contributed by atoms with E-state index in [-0.39, 0.29) is 12.3 Å². The maximum atomic E-state index is 12.0. The Labute approximate surface area is 156 Å². The minimum Gasteiger partial charge on any atom is -0.481 e. The molecule has 2 aromatic carbocycles. The van der Waals surface area contributed by atoms with Crippen molar-refractivity contribution in [1.82, 2.24) is 20.0 Å². The number of carbonyl (C=O) groups excluding carboxylic acids is 1. The first-order chi connectivity index (χ1) is 13.1. The largest absolute Gasteiger partial charge is 0.481 e. The lowest BCUT2D eigenvalue weighted by molar-refractivity contribution is -0.143. The van der Waals surface area contributed by atoms with Crippen molar-refractivity contribution in [3.8, 4) is 5.69 Å². The quantitative estimate of drug-likeness (QED) is 0.721. The molecule has 1 aliphatic rings. The third-order valence-electron chi connectivity index (χ3n) is 4.83. The van der Waals surface area contributed by atoms with Crippen molar-refractivity contribution in [3.05, 3.63) is 60.4 Å². The predicted octanol–water partition coefficient (Wildman–Crippen LogP) is 1.80. The number of carbonyl (C=O) groups is 2. The standard InChI is InChI=1S/C20H20N4O3/c25-19(26)10-18-20(27)21-7-8-23(18)12-14-11-22-24(13-14)17-6-5-15-3-1-2-4-16(15)9-17/h1-6,9,11,13,18H,7-8,10,12H2,(H,21,27)(H,25,26). The molecule has 0 bridgehead atoms. The van der Waals surface area contributed by atoms with Crippen LogP contribution < -0.4 is 5.32 Å². The first-order valence-electron chi connectivity index (χ1n) is 8.86. The summed E-state index contributed by atoms with van der Waals surface area (Å²) in [5.74, 6) is -1.21.